The molecule has 0 aliphatic heterocycles. The molecule has 1 unspecified atom stereocenters. The first kappa shape index (κ1) is 14.3. The van der Waals surface area contributed by atoms with Crippen LogP contribution in [-0.4, -0.2) is 22.1 Å². The molecule has 0 bridgehead atoms. The van der Waals surface area contributed by atoms with E-state index in [1.807, 2.05) is 13.1 Å². The Morgan fingerprint density at radius 3 is 2.89 bits per heavy atom. The zero-order valence-corrected chi connectivity index (χ0v) is 12.1. The lowest BCUT2D eigenvalue weighted by Crippen LogP contribution is -2.42. The molecule has 1 fully saturated rings. The summed E-state index contributed by atoms with van der Waals surface area (Å²) in [5.41, 5.74) is 0.909. The number of rotatable bonds is 6. The molecule has 106 valence electrons. The molecule has 0 aromatic carbocycles. The summed E-state index contributed by atoms with van der Waals surface area (Å²) in [6, 6.07) is 0.406. The Bertz CT molecular complexity index is 449. The zero-order valence-electron chi connectivity index (χ0n) is 12.1. The van der Waals surface area contributed by atoms with E-state index in [1.165, 1.54) is 25.7 Å². The predicted octanol–water partition coefficient (Wildman–Crippen LogP) is 2.11. The summed E-state index contributed by atoms with van der Waals surface area (Å²) in [7, 11) is 0. The van der Waals surface area contributed by atoms with Crippen LogP contribution in [0.3, 0.4) is 0 Å². The molecule has 0 amide bonds. The number of nitrogens with one attached hydrogen (secondary N) is 1. The lowest BCUT2D eigenvalue weighted by atomic mass is 9.98. The topological polar surface area (TPSA) is 46.9 Å². The fraction of sp³-hybridized carbons (Fsp3) is 0.733. The highest BCUT2D eigenvalue weighted by Gasteiger charge is 2.25. The summed E-state index contributed by atoms with van der Waals surface area (Å²) < 4.78 is 1.76. The fourth-order valence-electron chi connectivity index (χ4n) is 2.98. The molecule has 4 nitrogen and oxygen atoms in total. The van der Waals surface area contributed by atoms with Crippen molar-refractivity contribution >= 4 is 0 Å². The van der Waals surface area contributed by atoms with Gasteiger partial charge in [0.25, 0.3) is 0 Å². The second kappa shape index (κ2) is 6.85. The smallest absolute Gasteiger partial charge is 0.312 e. The monoisotopic (exact) mass is 263 g/mol. The second-order valence-corrected chi connectivity index (χ2v) is 5.67. The van der Waals surface area contributed by atoms with E-state index in [2.05, 4.69) is 17.2 Å². The maximum atomic E-state index is 11.8. The molecule has 0 saturated heterocycles. The third-order valence-corrected chi connectivity index (χ3v) is 4.00. The van der Waals surface area contributed by atoms with Crippen molar-refractivity contribution in [3.63, 3.8) is 0 Å². The largest absolute Gasteiger partial charge is 0.347 e. The molecule has 1 heterocycles. The zero-order chi connectivity index (χ0) is 13.7. The third kappa shape index (κ3) is 3.90. The summed E-state index contributed by atoms with van der Waals surface area (Å²) in [6.45, 7) is 5.93. The summed E-state index contributed by atoms with van der Waals surface area (Å²) in [4.78, 5) is 15.7. The Hall–Kier alpha value is -1.16. The average molecular weight is 263 g/mol. The van der Waals surface area contributed by atoms with E-state index in [0.717, 1.165) is 25.1 Å². The standard InChI is InChI=1S/C15H25N3O/c1-3-8-16-14(13-6-4-5-7-13)11-18-10-12(2)9-17-15(18)19/h9-10,13-14,16H,3-8,11H2,1-2H3. The van der Waals surface area contributed by atoms with Crippen molar-refractivity contribution in [2.45, 2.75) is 58.5 Å². The molecular formula is C15H25N3O. The molecule has 0 radical (unpaired) electrons. The van der Waals surface area contributed by atoms with E-state index in [-0.39, 0.29) is 5.69 Å². The minimum Gasteiger partial charge on any atom is -0.312 e. The van der Waals surface area contributed by atoms with Crippen LogP contribution in [0.1, 0.15) is 44.6 Å². The van der Waals surface area contributed by atoms with Crippen molar-refractivity contribution in [3.8, 4) is 0 Å². The highest BCUT2D eigenvalue weighted by atomic mass is 16.1. The van der Waals surface area contributed by atoms with Crippen molar-refractivity contribution in [2.24, 2.45) is 5.92 Å². The maximum Gasteiger partial charge on any atom is 0.347 e. The number of nitrogens with zero attached hydrogens (tertiary/aromatic N) is 2. The van der Waals surface area contributed by atoms with Crippen LogP contribution in [0, 0.1) is 12.8 Å². The molecule has 19 heavy (non-hydrogen) atoms. The number of hydrogen-bond donors (Lipinski definition) is 1. The molecule has 1 aromatic heterocycles. The van der Waals surface area contributed by atoms with E-state index in [4.69, 9.17) is 0 Å². The lowest BCUT2D eigenvalue weighted by molar-refractivity contribution is 0.318. The van der Waals surface area contributed by atoms with Crippen molar-refractivity contribution in [1.29, 1.82) is 0 Å². The Labute approximate surface area is 115 Å². The van der Waals surface area contributed by atoms with Crippen molar-refractivity contribution in [1.82, 2.24) is 14.9 Å². The van der Waals surface area contributed by atoms with Gasteiger partial charge in [-0.1, -0.05) is 19.8 Å². The summed E-state index contributed by atoms with van der Waals surface area (Å²) >= 11 is 0. The van der Waals surface area contributed by atoms with Gasteiger partial charge in [-0.25, -0.2) is 9.78 Å². The molecule has 2 rings (SSSR count). The number of aryl methyl sites for hydroxylation is 1. The predicted molar refractivity (Wildman–Crippen MR) is 77.3 cm³/mol. The van der Waals surface area contributed by atoms with Gasteiger partial charge in [-0.05, 0) is 44.2 Å². The highest BCUT2D eigenvalue weighted by molar-refractivity contribution is 5.00. The molecule has 1 aromatic rings. The minimum absolute atomic E-state index is 0.133. The van der Waals surface area contributed by atoms with E-state index in [9.17, 15) is 4.79 Å². The molecule has 1 saturated carbocycles. The first-order valence-corrected chi connectivity index (χ1v) is 7.47. The van der Waals surface area contributed by atoms with Gasteiger partial charge in [-0.3, -0.25) is 4.57 Å². The van der Waals surface area contributed by atoms with Crippen molar-refractivity contribution in [2.75, 3.05) is 6.54 Å². The van der Waals surface area contributed by atoms with Crippen LogP contribution >= 0.6 is 0 Å². The van der Waals surface area contributed by atoms with E-state index >= 15 is 0 Å². The molecule has 1 aliphatic carbocycles. The van der Waals surface area contributed by atoms with E-state index < -0.39 is 0 Å². The Morgan fingerprint density at radius 2 is 2.21 bits per heavy atom. The number of aromatic nitrogens is 2. The summed E-state index contributed by atoms with van der Waals surface area (Å²) in [6.07, 6.45) is 9.93. The van der Waals surface area contributed by atoms with Gasteiger partial charge in [-0.15, -0.1) is 0 Å². The Kier molecular flexibility index (Phi) is 5.14. The van der Waals surface area contributed by atoms with Crippen LogP contribution in [-0.2, 0) is 6.54 Å². The van der Waals surface area contributed by atoms with Gasteiger partial charge in [0, 0.05) is 25.0 Å². The average Bonchev–Trinajstić information content (AvgIpc) is 2.92. The van der Waals surface area contributed by atoms with Crippen LogP contribution in [0.25, 0.3) is 0 Å². The normalized spacial score (nSPS) is 17.8. The highest BCUT2D eigenvalue weighted by Crippen LogP contribution is 2.28. The van der Waals surface area contributed by atoms with E-state index in [1.54, 1.807) is 10.8 Å². The Balaban J connectivity index is 2.09. The van der Waals surface area contributed by atoms with Gasteiger partial charge < -0.3 is 5.32 Å². The van der Waals surface area contributed by atoms with Gasteiger partial charge in [-0.2, -0.15) is 0 Å². The first-order valence-electron chi connectivity index (χ1n) is 7.47. The van der Waals surface area contributed by atoms with Crippen LogP contribution in [0.4, 0.5) is 0 Å². The van der Waals surface area contributed by atoms with Gasteiger partial charge in [0.1, 0.15) is 0 Å². The lowest BCUT2D eigenvalue weighted by Gasteiger charge is -2.25. The quantitative estimate of drug-likeness (QED) is 0.855. The second-order valence-electron chi connectivity index (χ2n) is 5.67. The van der Waals surface area contributed by atoms with Crippen LogP contribution < -0.4 is 11.0 Å². The summed E-state index contributed by atoms with van der Waals surface area (Å²) in [5, 5.41) is 3.62. The molecule has 0 spiro atoms. The molecular weight excluding hydrogens is 238 g/mol. The van der Waals surface area contributed by atoms with Crippen molar-refractivity contribution < 1.29 is 0 Å². The maximum absolute atomic E-state index is 11.8. The molecule has 1 atom stereocenters. The van der Waals surface area contributed by atoms with Crippen molar-refractivity contribution in [3.05, 3.63) is 28.4 Å². The van der Waals surface area contributed by atoms with Crippen LogP contribution in [0.5, 0.6) is 0 Å². The first-order chi connectivity index (χ1) is 9.20. The number of hydrogen-bond acceptors (Lipinski definition) is 3. The molecule has 1 aliphatic rings. The molecule has 1 N–H and O–H groups in total. The minimum atomic E-state index is -0.133. The van der Waals surface area contributed by atoms with Crippen LogP contribution in [0.2, 0.25) is 0 Å². The molecule has 4 heteroatoms. The van der Waals surface area contributed by atoms with Gasteiger partial charge in [0.15, 0.2) is 0 Å². The van der Waals surface area contributed by atoms with Crippen LogP contribution in [0.15, 0.2) is 17.2 Å². The SMILES string of the molecule is CCCNC(Cn1cc(C)cnc1=O)C1CCCC1. The van der Waals surface area contributed by atoms with E-state index in [0.29, 0.717) is 12.0 Å². The van der Waals surface area contributed by atoms with Gasteiger partial charge in [0.2, 0.25) is 0 Å². The summed E-state index contributed by atoms with van der Waals surface area (Å²) in [5.74, 6) is 0.707. The van der Waals surface area contributed by atoms with Gasteiger partial charge >= 0.3 is 5.69 Å². The Morgan fingerprint density at radius 1 is 1.47 bits per heavy atom. The third-order valence-electron chi connectivity index (χ3n) is 4.00. The van der Waals surface area contributed by atoms with Gasteiger partial charge in [0.05, 0.1) is 0 Å². The fourth-order valence-corrected chi connectivity index (χ4v) is 2.98.